The Hall–Kier alpha value is -3.03. The zero-order valence-corrected chi connectivity index (χ0v) is 17.5. The molecule has 0 saturated carbocycles. The van der Waals surface area contributed by atoms with Crippen molar-refractivity contribution < 1.29 is 18.0 Å². The average Bonchev–Trinajstić information content (AvgIpc) is 3.13. The Morgan fingerprint density at radius 2 is 1.84 bits per heavy atom. The molecular formula is C23H25F3N4O. The molecule has 31 heavy (non-hydrogen) atoms. The van der Waals surface area contributed by atoms with Gasteiger partial charge in [-0.05, 0) is 51.0 Å². The van der Waals surface area contributed by atoms with Gasteiger partial charge in [0.05, 0.1) is 22.3 Å². The summed E-state index contributed by atoms with van der Waals surface area (Å²) < 4.78 is 42.0. The number of alkyl halides is 3. The summed E-state index contributed by atoms with van der Waals surface area (Å²) in [6.45, 7) is 5.10. The van der Waals surface area contributed by atoms with Gasteiger partial charge in [0.1, 0.15) is 5.82 Å². The summed E-state index contributed by atoms with van der Waals surface area (Å²) in [6, 6.07) is 12.7. The van der Waals surface area contributed by atoms with Crippen molar-refractivity contribution in [3.8, 4) is 0 Å². The highest BCUT2D eigenvalue weighted by Crippen LogP contribution is 2.35. The molecule has 2 aromatic carbocycles. The third kappa shape index (κ3) is 4.24. The molecule has 2 amide bonds. The molecule has 4 rings (SSSR count). The summed E-state index contributed by atoms with van der Waals surface area (Å²) in [4.78, 5) is 19.3. The van der Waals surface area contributed by atoms with E-state index in [1.807, 2.05) is 24.3 Å². The van der Waals surface area contributed by atoms with Crippen molar-refractivity contribution in [3.05, 3.63) is 59.9 Å². The number of anilines is 1. The van der Waals surface area contributed by atoms with Crippen LogP contribution in [0.1, 0.15) is 50.0 Å². The molecule has 1 aliphatic heterocycles. The number of nitrogens with zero attached hydrogens (tertiary/aromatic N) is 3. The van der Waals surface area contributed by atoms with Crippen LogP contribution in [0.2, 0.25) is 0 Å². The van der Waals surface area contributed by atoms with Crippen molar-refractivity contribution in [1.29, 1.82) is 0 Å². The van der Waals surface area contributed by atoms with Gasteiger partial charge in [-0.2, -0.15) is 13.2 Å². The number of aromatic nitrogens is 2. The minimum Gasteiger partial charge on any atom is -0.325 e. The molecule has 2 heterocycles. The zero-order chi connectivity index (χ0) is 22.2. The minimum absolute atomic E-state index is 0.0205. The van der Waals surface area contributed by atoms with Crippen LogP contribution in [0.5, 0.6) is 0 Å². The number of likely N-dealkylation sites (tertiary alicyclic amines) is 1. The molecule has 1 N–H and O–H groups in total. The molecule has 0 unspecified atom stereocenters. The van der Waals surface area contributed by atoms with E-state index in [0.29, 0.717) is 13.1 Å². The number of rotatable bonds is 3. The van der Waals surface area contributed by atoms with E-state index in [0.717, 1.165) is 35.8 Å². The van der Waals surface area contributed by atoms with Crippen LogP contribution in [0.25, 0.3) is 11.0 Å². The first-order valence-electron chi connectivity index (χ1n) is 10.4. The van der Waals surface area contributed by atoms with E-state index in [-0.39, 0.29) is 17.6 Å². The maximum atomic E-state index is 13.3. The van der Waals surface area contributed by atoms with Gasteiger partial charge in [0, 0.05) is 25.0 Å². The smallest absolute Gasteiger partial charge is 0.325 e. The fourth-order valence-electron chi connectivity index (χ4n) is 4.30. The van der Waals surface area contributed by atoms with Gasteiger partial charge in [0.25, 0.3) is 0 Å². The van der Waals surface area contributed by atoms with Crippen LogP contribution in [0.3, 0.4) is 0 Å². The lowest BCUT2D eigenvalue weighted by molar-refractivity contribution is -0.136. The van der Waals surface area contributed by atoms with Crippen molar-refractivity contribution in [3.63, 3.8) is 0 Å². The Morgan fingerprint density at radius 1 is 1.13 bits per heavy atom. The number of hydrogen-bond acceptors (Lipinski definition) is 2. The number of para-hydroxylation sites is 3. The molecule has 1 fully saturated rings. The normalized spacial score (nSPS) is 17.4. The van der Waals surface area contributed by atoms with Crippen LogP contribution in [-0.4, -0.2) is 33.6 Å². The van der Waals surface area contributed by atoms with Crippen LogP contribution in [-0.2, 0) is 6.18 Å². The summed E-state index contributed by atoms with van der Waals surface area (Å²) in [7, 11) is 0. The second kappa shape index (κ2) is 8.24. The largest absolute Gasteiger partial charge is 0.418 e. The number of nitrogens with one attached hydrogen (secondary N) is 1. The van der Waals surface area contributed by atoms with Gasteiger partial charge in [0.15, 0.2) is 0 Å². The maximum absolute atomic E-state index is 13.3. The van der Waals surface area contributed by atoms with Crippen LogP contribution < -0.4 is 5.32 Å². The molecule has 0 bridgehead atoms. The Labute approximate surface area is 178 Å². The van der Waals surface area contributed by atoms with E-state index in [9.17, 15) is 18.0 Å². The van der Waals surface area contributed by atoms with Gasteiger partial charge in [0.2, 0.25) is 0 Å². The molecular weight excluding hydrogens is 405 g/mol. The molecule has 0 aliphatic carbocycles. The summed E-state index contributed by atoms with van der Waals surface area (Å²) >= 11 is 0. The van der Waals surface area contributed by atoms with Crippen LogP contribution in [0, 0.1) is 0 Å². The van der Waals surface area contributed by atoms with Crippen molar-refractivity contribution in [2.45, 2.75) is 44.8 Å². The third-order valence-corrected chi connectivity index (χ3v) is 5.69. The van der Waals surface area contributed by atoms with Crippen molar-refractivity contribution in [2.75, 3.05) is 18.4 Å². The average molecular weight is 430 g/mol. The number of carbonyl (C=O) groups is 1. The molecule has 0 spiro atoms. The topological polar surface area (TPSA) is 50.2 Å². The van der Waals surface area contributed by atoms with Crippen molar-refractivity contribution in [1.82, 2.24) is 14.5 Å². The van der Waals surface area contributed by atoms with E-state index >= 15 is 0 Å². The molecule has 1 aromatic heterocycles. The minimum atomic E-state index is -4.53. The fourth-order valence-corrected chi connectivity index (χ4v) is 4.30. The summed E-state index contributed by atoms with van der Waals surface area (Å²) in [5, 5.41) is 2.46. The molecule has 1 atom stereocenters. The van der Waals surface area contributed by atoms with Crippen LogP contribution in [0.4, 0.5) is 23.7 Å². The quantitative estimate of drug-likeness (QED) is 0.550. The van der Waals surface area contributed by atoms with Crippen LogP contribution >= 0.6 is 0 Å². The van der Waals surface area contributed by atoms with Gasteiger partial charge in [-0.3, -0.25) is 0 Å². The molecule has 5 nitrogen and oxygen atoms in total. The van der Waals surface area contributed by atoms with E-state index in [4.69, 9.17) is 4.98 Å². The van der Waals surface area contributed by atoms with E-state index in [2.05, 4.69) is 23.7 Å². The SMILES string of the molecule is CC(C)n1c([C@@H]2CCCN(C(=O)Nc3ccccc3C(F)(F)F)C2)nc2ccccc21. The molecule has 3 aromatic rings. The monoisotopic (exact) mass is 430 g/mol. The Morgan fingerprint density at radius 3 is 2.58 bits per heavy atom. The number of urea groups is 1. The second-order valence-electron chi connectivity index (χ2n) is 8.18. The summed E-state index contributed by atoms with van der Waals surface area (Å²) in [6.07, 6.45) is -2.89. The predicted molar refractivity (Wildman–Crippen MR) is 114 cm³/mol. The first-order valence-corrected chi connectivity index (χ1v) is 10.4. The number of amides is 2. The molecule has 1 aliphatic rings. The van der Waals surface area contributed by atoms with E-state index < -0.39 is 17.8 Å². The van der Waals surface area contributed by atoms with Gasteiger partial charge in [-0.1, -0.05) is 24.3 Å². The van der Waals surface area contributed by atoms with Crippen molar-refractivity contribution in [2.24, 2.45) is 0 Å². The molecule has 8 heteroatoms. The molecule has 1 saturated heterocycles. The lowest BCUT2D eigenvalue weighted by Gasteiger charge is -2.33. The number of piperidine rings is 1. The van der Waals surface area contributed by atoms with E-state index in [1.165, 1.54) is 18.2 Å². The highest BCUT2D eigenvalue weighted by Gasteiger charge is 2.35. The highest BCUT2D eigenvalue weighted by molar-refractivity contribution is 5.90. The first-order chi connectivity index (χ1) is 14.8. The lowest BCUT2D eigenvalue weighted by Crippen LogP contribution is -2.42. The summed E-state index contributed by atoms with van der Waals surface area (Å²) in [5.41, 5.74) is 0.884. The number of fused-ring (bicyclic) bond motifs is 1. The molecule has 164 valence electrons. The van der Waals surface area contributed by atoms with Crippen molar-refractivity contribution >= 4 is 22.8 Å². The van der Waals surface area contributed by atoms with E-state index in [1.54, 1.807) is 4.90 Å². The zero-order valence-electron chi connectivity index (χ0n) is 17.5. The second-order valence-corrected chi connectivity index (χ2v) is 8.18. The van der Waals surface area contributed by atoms with Crippen LogP contribution in [0.15, 0.2) is 48.5 Å². The molecule has 0 radical (unpaired) electrons. The van der Waals surface area contributed by atoms with Gasteiger partial charge < -0.3 is 14.8 Å². The Kier molecular flexibility index (Phi) is 5.64. The highest BCUT2D eigenvalue weighted by atomic mass is 19.4. The number of halogens is 3. The Balaban J connectivity index is 1.57. The number of hydrogen-bond donors (Lipinski definition) is 1. The summed E-state index contributed by atoms with van der Waals surface area (Å²) in [5.74, 6) is 0.941. The van der Waals surface area contributed by atoms with Gasteiger partial charge in [-0.25, -0.2) is 9.78 Å². The Bertz CT molecular complexity index is 1090. The fraction of sp³-hybridized carbons (Fsp3) is 0.391. The maximum Gasteiger partial charge on any atom is 0.418 e. The first kappa shape index (κ1) is 21.2. The predicted octanol–water partition coefficient (Wildman–Crippen LogP) is 6.05. The number of imidazole rings is 1. The van der Waals surface area contributed by atoms with Gasteiger partial charge in [-0.15, -0.1) is 0 Å². The standard InChI is InChI=1S/C23H25F3N4O/c1-15(2)30-20-12-6-5-11-19(20)27-21(30)16-8-7-13-29(14-16)22(31)28-18-10-4-3-9-17(18)23(24,25)26/h3-6,9-12,15-16H,7-8,13-14H2,1-2H3,(H,28,31)/t16-/m1/s1. The van der Waals surface area contributed by atoms with Gasteiger partial charge >= 0.3 is 12.2 Å². The number of benzene rings is 2. The lowest BCUT2D eigenvalue weighted by atomic mass is 9.97. The number of carbonyl (C=O) groups excluding carboxylic acids is 1. The third-order valence-electron chi connectivity index (χ3n) is 5.69.